The highest BCUT2D eigenvalue weighted by atomic mass is 19.4. The number of rotatable bonds is 5. The monoisotopic (exact) mass is 408 g/mol. The van der Waals surface area contributed by atoms with Gasteiger partial charge in [0.1, 0.15) is 11.6 Å². The van der Waals surface area contributed by atoms with Crippen molar-refractivity contribution < 1.29 is 22.0 Å². The highest BCUT2D eigenvalue weighted by molar-refractivity contribution is 5.61. The third-order valence-corrected chi connectivity index (χ3v) is 4.47. The predicted molar refractivity (Wildman–Crippen MR) is 99.4 cm³/mol. The van der Waals surface area contributed by atoms with Gasteiger partial charge in [-0.1, -0.05) is 36.4 Å². The van der Waals surface area contributed by atoms with Gasteiger partial charge in [-0.25, -0.2) is 8.78 Å². The Morgan fingerprint density at radius 1 is 1.00 bits per heavy atom. The van der Waals surface area contributed by atoms with Crippen molar-refractivity contribution in [3.05, 3.63) is 93.3 Å². The van der Waals surface area contributed by atoms with E-state index in [9.17, 15) is 26.7 Å². The van der Waals surface area contributed by atoms with Gasteiger partial charge in [0, 0.05) is 23.7 Å². The van der Waals surface area contributed by atoms with Crippen LogP contribution in [0.4, 0.5) is 22.0 Å². The fraction of sp³-hybridized carbons (Fsp3) is 0.190. The van der Waals surface area contributed by atoms with Gasteiger partial charge in [0.05, 0.1) is 17.8 Å². The van der Waals surface area contributed by atoms with Crippen molar-refractivity contribution in [1.29, 1.82) is 0 Å². The molecule has 1 heterocycles. The Balaban J connectivity index is 2.29. The van der Waals surface area contributed by atoms with E-state index in [-0.39, 0.29) is 24.3 Å². The second-order valence-electron chi connectivity index (χ2n) is 6.44. The molecule has 1 aromatic heterocycles. The molecule has 0 radical (unpaired) electrons. The summed E-state index contributed by atoms with van der Waals surface area (Å²) >= 11 is 0. The first-order chi connectivity index (χ1) is 13.7. The second kappa shape index (κ2) is 8.16. The Kier molecular flexibility index (Phi) is 5.83. The molecule has 0 bridgehead atoms. The predicted octanol–water partition coefficient (Wildman–Crippen LogP) is 4.58. The van der Waals surface area contributed by atoms with Gasteiger partial charge in [0.25, 0.3) is 5.56 Å². The smallest absolute Gasteiger partial charge is 0.315 e. The lowest BCUT2D eigenvalue weighted by Gasteiger charge is -2.20. The van der Waals surface area contributed by atoms with Crippen LogP contribution in [0.3, 0.4) is 0 Å². The number of hydrogen-bond acceptors (Lipinski definition) is 2. The van der Waals surface area contributed by atoms with E-state index in [4.69, 9.17) is 0 Å². The second-order valence-corrected chi connectivity index (χ2v) is 6.44. The van der Waals surface area contributed by atoms with Crippen LogP contribution in [0, 0.1) is 11.6 Å². The highest BCUT2D eigenvalue weighted by Gasteiger charge is 2.36. The van der Waals surface area contributed by atoms with Crippen molar-refractivity contribution in [1.82, 2.24) is 9.88 Å². The van der Waals surface area contributed by atoms with Gasteiger partial charge in [-0.3, -0.25) is 4.79 Å². The minimum absolute atomic E-state index is 0.00787. The van der Waals surface area contributed by atoms with E-state index in [1.807, 2.05) is 0 Å². The Hall–Kier alpha value is -3.00. The zero-order valence-corrected chi connectivity index (χ0v) is 15.4. The normalized spacial score (nSPS) is 11.7. The largest absolute Gasteiger partial charge is 0.416 e. The Labute approximate surface area is 163 Å². The van der Waals surface area contributed by atoms with Gasteiger partial charge < -0.3 is 9.88 Å². The molecule has 0 saturated heterocycles. The zero-order valence-electron chi connectivity index (χ0n) is 15.4. The van der Waals surface area contributed by atoms with Crippen LogP contribution < -0.4 is 10.9 Å². The lowest BCUT2D eigenvalue weighted by atomic mass is 10.0. The average molecular weight is 408 g/mol. The molecular weight excluding hydrogens is 391 g/mol. The summed E-state index contributed by atoms with van der Waals surface area (Å²) in [6.07, 6.45) is -4.74. The molecule has 3 aromatic rings. The van der Waals surface area contributed by atoms with Gasteiger partial charge in [-0.2, -0.15) is 13.2 Å². The third kappa shape index (κ3) is 4.37. The van der Waals surface area contributed by atoms with Crippen LogP contribution in [0.1, 0.15) is 16.7 Å². The van der Waals surface area contributed by atoms with Crippen molar-refractivity contribution >= 4 is 0 Å². The number of aromatic nitrogens is 1. The van der Waals surface area contributed by atoms with Crippen LogP contribution in [0.2, 0.25) is 0 Å². The minimum Gasteiger partial charge on any atom is -0.315 e. The minimum atomic E-state index is -4.74. The Morgan fingerprint density at radius 3 is 2.28 bits per heavy atom. The van der Waals surface area contributed by atoms with Crippen LogP contribution in [-0.2, 0) is 19.3 Å². The number of benzene rings is 2. The van der Waals surface area contributed by atoms with Crippen molar-refractivity contribution in [2.24, 2.45) is 0 Å². The highest BCUT2D eigenvalue weighted by Crippen LogP contribution is 2.34. The number of halogens is 5. The van der Waals surface area contributed by atoms with Crippen LogP contribution >= 0.6 is 0 Å². The molecule has 0 saturated carbocycles. The van der Waals surface area contributed by atoms with Crippen molar-refractivity contribution in [2.75, 3.05) is 7.05 Å². The summed E-state index contributed by atoms with van der Waals surface area (Å²) in [4.78, 5) is 13.0. The first-order valence-electron chi connectivity index (χ1n) is 8.70. The zero-order chi connectivity index (χ0) is 21.2. The van der Waals surface area contributed by atoms with Crippen LogP contribution in [0.5, 0.6) is 0 Å². The summed E-state index contributed by atoms with van der Waals surface area (Å²) in [7, 11) is 1.43. The first kappa shape index (κ1) is 20.7. The molecule has 8 heteroatoms. The van der Waals surface area contributed by atoms with E-state index < -0.39 is 34.5 Å². The maximum absolute atomic E-state index is 14.2. The Morgan fingerprint density at radius 2 is 1.69 bits per heavy atom. The van der Waals surface area contributed by atoms with Crippen LogP contribution in [0.15, 0.2) is 59.4 Å². The summed E-state index contributed by atoms with van der Waals surface area (Å²) < 4.78 is 69.4. The number of pyridine rings is 1. The van der Waals surface area contributed by atoms with Crippen molar-refractivity contribution in [3.8, 4) is 11.3 Å². The molecule has 152 valence electrons. The standard InChI is InChI=1S/C21H17F5N2O/c1-27-11-16-17(21(24,25)26)10-19(13-5-3-2-4-6-13)28(20(16)29)12-14-7-8-15(22)9-18(14)23/h2-10,27H,11-12H2,1H3. The lowest BCUT2D eigenvalue weighted by Crippen LogP contribution is -2.32. The number of nitrogens with zero attached hydrogens (tertiary/aromatic N) is 1. The summed E-state index contributed by atoms with van der Waals surface area (Å²) in [6, 6.07) is 11.8. The molecule has 3 rings (SSSR count). The summed E-state index contributed by atoms with van der Waals surface area (Å²) in [5.41, 5.74) is -2.06. The number of nitrogens with one attached hydrogen (secondary N) is 1. The van der Waals surface area contributed by atoms with Gasteiger partial charge in [-0.15, -0.1) is 0 Å². The molecule has 29 heavy (non-hydrogen) atoms. The molecule has 2 aromatic carbocycles. The summed E-state index contributed by atoms with van der Waals surface area (Å²) in [6.45, 7) is -0.654. The molecule has 0 spiro atoms. The molecule has 1 N–H and O–H groups in total. The van der Waals surface area contributed by atoms with Gasteiger partial charge in [0.15, 0.2) is 0 Å². The van der Waals surface area contributed by atoms with Crippen molar-refractivity contribution in [2.45, 2.75) is 19.3 Å². The van der Waals surface area contributed by atoms with Crippen molar-refractivity contribution in [3.63, 3.8) is 0 Å². The molecule has 0 unspecified atom stereocenters. The average Bonchev–Trinajstić information content (AvgIpc) is 2.66. The summed E-state index contributed by atoms with van der Waals surface area (Å²) in [5, 5.41) is 2.57. The van der Waals surface area contributed by atoms with Crippen LogP contribution in [-0.4, -0.2) is 11.6 Å². The first-order valence-corrected chi connectivity index (χ1v) is 8.70. The molecule has 0 aliphatic carbocycles. The molecule has 0 aliphatic heterocycles. The molecule has 0 aliphatic rings. The van der Waals surface area contributed by atoms with Gasteiger partial charge in [0.2, 0.25) is 0 Å². The number of alkyl halides is 3. The fourth-order valence-electron chi connectivity index (χ4n) is 3.12. The Bertz CT molecular complexity index is 1070. The SMILES string of the molecule is CNCc1c(C(F)(F)F)cc(-c2ccccc2)n(Cc2ccc(F)cc2F)c1=O. The third-order valence-electron chi connectivity index (χ3n) is 4.47. The van der Waals surface area contributed by atoms with E-state index >= 15 is 0 Å². The topological polar surface area (TPSA) is 34.0 Å². The fourth-order valence-corrected chi connectivity index (χ4v) is 3.12. The van der Waals surface area contributed by atoms with E-state index in [1.54, 1.807) is 30.3 Å². The van der Waals surface area contributed by atoms with E-state index in [1.165, 1.54) is 13.1 Å². The molecule has 0 atom stereocenters. The molecule has 0 fully saturated rings. The summed E-state index contributed by atoms with van der Waals surface area (Å²) in [5.74, 6) is -1.67. The van der Waals surface area contributed by atoms with E-state index in [0.29, 0.717) is 11.6 Å². The van der Waals surface area contributed by atoms with Gasteiger partial charge in [-0.05, 0) is 24.7 Å². The lowest BCUT2D eigenvalue weighted by molar-refractivity contribution is -0.138. The quantitative estimate of drug-likeness (QED) is 0.627. The maximum atomic E-state index is 14.2. The van der Waals surface area contributed by atoms with Gasteiger partial charge >= 0.3 is 6.18 Å². The molecule has 3 nitrogen and oxygen atoms in total. The van der Waals surface area contributed by atoms with Crippen LogP contribution in [0.25, 0.3) is 11.3 Å². The molecule has 0 amide bonds. The maximum Gasteiger partial charge on any atom is 0.416 e. The number of hydrogen-bond donors (Lipinski definition) is 1. The van der Waals surface area contributed by atoms with E-state index in [2.05, 4.69) is 5.32 Å². The van der Waals surface area contributed by atoms with E-state index in [0.717, 1.165) is 16.7 Å². The molecular formula is C21H17F5N2O.